The van der Waals surface area contributed by atoms with E-state index in [0.717, 1.165) is 5.92 Å². The normalized spacial score (nSPS) is 29.8. The Kier molecular flexibility index (Phi) is 4.90. The molecule has 3 atom stereocenters. The van der Waals surface area contributed by atoms with Crippen molar-refractivity contribution in [3.8, 4) is 0 Å². The van der Waals surface area contributed by atoms with Gasteiger partial charge in [-0.3, -0.25) is 0 Å². The van der Waals surface area contributed by atoms with Gasteiger partial charge < -0.3 is 11.1 Å². The summed E-state index contributed by atoms with van der Waals surface area (Å²) in [7, 11) is 0. The molecule has 84 valence electrons. The molecule has 3 unspecified atom stereocenters. The van der Waals surface area contributed by atoms with Crippen molar-refractivity contribution in [3.05, 3.63) is 0 Å². The van der Waals surface area contributed by atoms with E-state index in [2.05, 4.69) is 26.1 Å². The lowest BCUT2D eigenvalue weighted by atomic mass is 9.95. The van der Waals surface area contributed by atoms with Crippen molar-refractivity contribution in [1.82, 2.24) is 5.32 Å². The quantitative estimate of drug-likeness (QED) is 0.711. The van der Waals surface area contributed by atoms with Gasteiger partial charge in [0.15, 0.2) is 0 Å². The molecule has 1 aliphatic rings. The minimum absolute atomic E-state index is 0.446. The Morgan fingerprint density at radius 3 is 2.36 bits per heavy atom. The van der Waals surface area contributed by atoms with E-state index < -0.39 is 0 Å². The van der Waals surface area contributed by atoms with E-state index in [9.17, 15) is 0 Å². The minimum atomic E-state index is 0.446. The van der Waals surface area contributed by atoms with Gasteiger partial charge in [0.25, 0.3) is 0 Å². The van der Waals surface area contributed by atoms with Gasteiger partial charge in [-0.1, -0.05) is 26.7 Å². The second-order valence-corrected chi connectivity index (χ2v) is 4.80. The van der Waals surface area contributed by atoms with E-state index in [1.54, 1.807) is 0 Å². The molecular formula is C12H26N2. The number of rotatable bonds is 5. The van der Waals surface area contributed by atoms with E-state index in [1.165, 1.54) is 32.1 Å². The average Bonchev–Trinajstić information content (AvgIpc) is 2.53. The maximum Gasteiger partial charge on any atom is 0.00849 e. The molecule has 0 aromatic carbocycles. The molecule has 1 saturated carbocycles. The molecule has 2 nitrogen and oxygen atoms in total. The summed E-state index contributed by atoms with van der Waals surface area (Å²) >= 11 is 0. The fraction of sp³-hybridized carbons (Fsp3) is 1.00. The van der Waals surface area contributed by atoms with Crippen LogP contribution in [0, 0.1) is 5.92 Å². The van der Waals surface area contributed by atoms with Gasteiger partial charge in [-0.2, -0.15) is 0 Å². The second kappa shape index (κ2) is 5.72. The average molecular weight is 198 g/mol. The first kappa shape index (κ1) is 12.0. The highest BCUT2D eigenvalue weighted by atomic mass is 15.0. The van der Waals surface area contributed by atoms with E-state index in [4.69, 9.17) is 5.73 Å². The maximum atomic E-state index is 5.90. The van der Waals surface area contributed by atoms with E-state index in [0.29, 0.717) is 18.1 Å². The summed E-state index contributed by atoms with van der Waals surface area (Å²) < 4.78 is 0. The fourth-order valence-corrected chi connectivity index (χ4v) is 2.67. The molecule has 2 heteroatoms. The van der Waals surface area contributed by atoms with Crippen LogP contribution >= 0.6 is 0 Å². The zero-order valence-corrected chi connectivity index (χ0v) is 9.92. The lowest BCUT2D eigenvalue weighted by Crippen LogP contribution is -2.40. The summed E-state index contributed by atoms with van der Waals surface area (Å²) in [6, 6.07) is 1.78. The molecule has 0 saturated heterocycles. The van der Waals surface area contributed by atoms with Crippen molar-refractivity contribution in [3.63, 3.8) is 0 Å². The molecule has 0 aliphatic heterocycles. The smallest absolute Gasteiger partial charge is 0.00849 e. The third kappa shape index (κ3) is 3.25. The van der Waals surface area contributed by atoms with Gasteiger partial charge in [-0.15, -0.1) is 0 Å². The molecule has 0 aromatic rings. The van der Waals surface area contributed by atoms with Crippen LogP contribution in [0.2, 0.25) is 0 Å². The van der Waals surface area contributed by atoms with Crippen LogP contribution in [0.15, 0.2) is 0 Å². The van der Waals surface area contributed by atoms with Gasteiger partial charge >= 0.3 is 0 Å². The van der Waals surface area contributed by atoms with Crippen LogP contribution in [0.3, 0.4) is 0 Å². The highest BCUT2D eigenvalue weighted by Crippen LogP contribution is 2.20. The van der Waals surface area contributed by atoms with Crippen LogP contribution in [0.4, 0.5) is 0 Å². The molecule has 14 heavy (non-hydrogen) atoms. The molecule has 0 spiro atoms. The Bertz CT molecular complexity index is 154. The van der Waals surface area contributed by atoms with Crippen molar-refractivity contribution in [2.45, 2.75) is 71.0 Å². The third-order valence-electron chi connectivity index (χ3n) is 3.73. The van der Waals surface area contributed by atoms with Gasteiger partial charge in [-0.25, -0.2) is 0 Å². The SMILES string of the molecule is CCC(CC)C(C)NC1CCC(N)C1. The van der Waals surface area contributed by atoms with Gasteiger partial charge in [0.2, 0.25) is 0 Å². The molecule has 1 fully saturated rings. The van der Waals surface area contributed by atoms with E-state index in [1.807, 2.05) is 0 Å². The minimum Gasteiger partial charge on any atom is -0.328 e. The summed E-state index contributed by atoms with van der Waals surface area (Å²) in [5.41, 5.74) is 5.90. The van der Waals surface area contributed by atoms with E-state index >= 15 is 0 Å². The predicted molar refractivity (Wildman–Crippen MR) is 62.3 cm³/mol. The van der Waals surface area contributed by atoms with Gasteiger partial charge in [-0.05, 0) is 32.1 Å². The lowest BCUT2D eigenvalue weighted by Gasteiger charge is -2.26. The summed E-state index contributed by atoms with van der Waals surface area (Å²) in [5, 5.41) is 3.73. The predicted octanol–water partition coefficient (Wildman–Crippen LogP) is 2.28. The molecule has 1 rings (SSSR count). The van der Waals surface area contributed by atoms with Crippen LogP contribution in [-0.4, -0.2) is 18.1 Å². The van der Waals surface area contributed by atoms with Crippen LogP contribution in [0.25, 0.3) is 0 Å². The largest absolute Gasteiger partial charge is 0.328 e. The Morgan fingerprint density at radius 1 is 1.29 bits per heavy atom. The number of hydrogen-bond acceptors (Lipinski definition) is 2. The van der Waals surface area contributed by atoms with Crippen molar-refractivity contribution >= 4 is 0 Å². The van der Waals surface area contributed by atoms with Crippen molar-refractivity contribution in [1.29, 1.82) is 0 Å². The Balaban J connectivity index is 2.28. The van der Waals surface area contributed by atoms with Crippen LogP contribution in [0.1, 0.15) is 52.9 Å². The first-order chi connectivity index (χ1) is 6.67. The summed E-state index contributed by atoms with van der Waals surface area (Å²) in [5.74, 6) is 0.826. The number of nitrogens with one attached hydrogen (secondary N) is 1. The van der Waals surface area contributed by atoms with Crippen molar-refractivity contribution < 1.29 is 0 Å². The topological polar surface area (TPSA) is 38.0 Å². The third-order valence-corrected chi connectivity index (χ3v) is 3.73. The second-order valence-electron chi connectivity index (χ2n) is 4.80. The first-order valence-electron chi connectivity index (χ1n) is 6.19. The molecule has 0 radical (unpaired) electrons. The van der Waals surface area contributed by atoms with Crippen LogP contribution < -0.4 is 11.1 Å². The first-order valence-corrected chi connectivity index (χ1v) is 6.19. The molecule has 0 heterocycles. The van der Waals surface area contributed by atoms with Gasteiger partial charge in [0, 0.05) is 18.1 Å². The summed E-state index contributed by atoms with van der Waals surface area (Å²) in [4.78, 5) is 0. The zero-order chi connectivity index (χ0) is 10.6. The molecule has 0 aromatic heterocycles. The number of hydrogen-bond donors (Lipinski definition) is 2. The Morgan fingerprint density at radius 2 is 1.93 bits per heavy atom. The molecule has 0 bridgehead atoms. The lowest BCUT2D eigenvalue weighted by molar-refractivity contribution is 0.320. The molecule has 0 amide bonds. The molecule has 3 N–H and O–H groups in total. The van der Waals surface area contributed by atoms with Crippen molar-refractivity contribution in [2.24, 2.45) is 11.7 Å². The Labute approximate surface area is 88.6 Å². The van der Waals surface area contributed by atoms with Gasteiger partial charge in [0.1, 0.15) is 0 Å². The maximum absolute atomic E-state index is 5.90. The van der Waals surface area contributed by atoms with Crippen LogP contribution in [0.5, 0.6) is 0 Å². The molecule has 1 aliphatic carbocycles. The number of nitrogens with two attached hydrogens (primary N) is 1. The van der Waals surface area contributed by atoms with Crippen LogP contribution in [-0.2, 0) is 0 Å². The standard InChI is InChI=1S/C12H26N2/c1-4-10(5-2)9(3)14-12-7-6-11(13)8-12/h9-12,14H,4-8,13H2,1-3H3. The zero-order valence-electron chi connectivity index (χ0n) is 9.92. The summed E-state index contributed by atoms with van der Waals surface area (Å²) in [6.07, 6.45) is 6.20. The fourth-order valence-electron chi connectivity index (χ4n) is 2.67. The highest BCUT2D eigenvalue weighted by molar-refractivity contribution is 4.85. The van der Waals surface area contributed by atoms with Gasteiger partial charge in [0.05, 0.1) is 0 Å². The highest BCUT2D eigenvalue weighted by Gasteiger charge is 2.24. The van der Waals surface area contributed by atoms with E-state index in [-0.39, 0.29) is 0 Å². The molecular weight excluding hydrogens is 172 g/mol. The monoisotopic (exact) mass is 198 g/mol. The Hall–Kier alpha value is -0.0800. The summed E-state index contributed by atoms with van der Waals surface area (Å²) in [6.45, 7) is 6.89. The van der Waals surface area contributed by atoms with Crippen molar-refractivity contribution in [2.75, 3.05) is 0 Å².